The fraction of sp³-hybridized carbons (Fsp3) is 0.625. The fourth-order valence-corrected chi connectivity index (χ4v) is 3.22. The second-order valence-corrected chi connectivity index (χ2v) is 5.53. The summed E-state index contributed by atoms with van der Waals surface area (Å²) in [5.41, 5.74) is 2.80. The molecule has 2 aliphatic rings. The Balaban J connectivity index is 1.60. The number of fused-ring (bicyclic) bond motifs is 1. The van der Waals surface area contributed by atoms with Crippen LogP contribution < -0.4 is 5.32 Å². The van der Waals surface area contributed by atoms with Crippen molar-refractivity contribution < 1.29 is 9.47 Å². The van der Waals surface area contributed by atoms with Crippen LogP contribution in [0, 0.1) is 0 Å². The predicted molar refractivity (Wildman–Crippen MR) is 75.3 cm³/mol. The number of nitrogens with one attached hydrogen (secondary N) is 1. The predicted octanol–water partition coefficient (Wildman–Crippen LogP) is 2.46. The molecule has 1 aliphatic heterocycles. The largest absolute Gasteiger partial charge is 0.376 e. The summed E-state index contributed by atoms with van der Waals surface area (Å²) in [7, 11) is 2.01. The van der Waals surface area contributed by atoms with Crippen LogP contribution in [0.5, 0.6) is 0 Å². The summed E-state index contributed by atoms with van der Waals surface area (Å²) >= 11 is 0. The highest BCUT2D eigenvalue weighted by Gasteiger charge is 2.32. The summed E-state index contributed by atoms with van der Waals surface area (Å²) in [6.07, 6.45) is 5.17. The topological polar surface area (TPSA) is 30.5 Å². The van der Waals surface area contributed by atoms with E-state index in [0.717, 1.165) is 26.1 Å². The van der Waals surface area contributed by atoms with Crippen LogP contribution in [0.1, 0.15) is 36.4 Å². The average Bonchev–Trinajstić information content (AvgIpc) is 2.83. The monoisotopic (exact) mass is 261 g/mol. The van der Waals surface area contributed by atoms with Crippen molar-refractivity contribution in [1.82, 2.24) is 5.32 Å². The van der Waals surface area contributed by atoms with Crippen molar-refractivity contribution in [2.75, 3.05) is 20.3 Å². The van der Waals surface area contributed by atoms with Gasteiger partial charge in [-0.2, -0.15) is 0 Å². The number of hydrogen-bond acceptors (Lipinski definition) is 3. The Morgan fingerprint density at radius 3 is 3.00 bits per heavy atom. The number of rotatable bonds is 4. The molecule has 3 heteroatoms. The molecule has 104 valence electrons. The van der Waals surface area contributed by atoms with Crippen molar-refractivity contribution in [3.63, 3.8) is 0 Å². The lowest BCUT2D eigenvalue weighted by Crippen LogP contribution is -2.32. The SMILES string of the molecule is CNC1c2ccccc2CC1OCC1CCCCO1. The van der Waals surface area contributed by atoms with Crippen molar-refractivity contribution in [1.29, 1.82) is 0 Å². The van der Waals surface area contributed by atoms with Gasteiger partial charge in [0.05, 0.1) is 24.9 Å². The molecule has 1 aromatic carbocycles. The van der Waals surface area contributed by atoms with E-state index >= 15 is 0 Å². The Labute approximate surface area is 115 Å². The van der Waals surface area contributed by atoms with E-state index in [1.807, 2.05) is 7.05 Å². The maximum atomic E-state index is 6.14. The van der Waals surface area contributed by atoms with E-state index in [-0.39, 0.29) is 6.10 Å². The number of likely N-dealkylation sites (N-methyl/N-ethyl adjacent to an activating group) is 1. The summed E-state index contributed by atoms with van der Waals surface area (Å²) in [4.78, 5) is 0. The normalized spacial score (nSPS) is 30.3. The van der Waals surface area contributed by atoms with E-state index < -0.39 is 0 Å². The summed E-state index contributed by atoms with van der Waals surface area (Å²) in [6.45, 7) is 1.63. The van der Waals surface area contributed by atoms with Crippen LogP contribution in [0.4, 0.5) is 0 Å². The molecule has 1 aromatic rings. The van der Waals surface area contributed by atoms with Crippen molar-refractivity contribution >= 4 is 0 Å². The van der Waals surface area contributed by atoms with E-state index in [9.17, 15) is 0 Å². The van der Waals surface area contributed by atoms with Crippen LogP contribution in [0.25, 0.3) is 0 Å². The van der Waals surface area contributed by atoms with Gasteiger partial charge in [0, 0.05) is 13.0 Å². The van der Waals surface area contributed by atoms with E-state index in [2.05, 4.69) is 29.6 Å². The molecule has 19 heavy (non-hydrogen) atoms. The lowest BCUT2D eigenvalue weighted by atomic mass is 10.1. The molecule has 1 N–H and O–H groups in total. The van der Waals surface area contributed by atoms with Crippen LogP contribution in [-0.2, 0) is 15.9 Å². The minimum absolute atomic E-state index is 0.243. The highest BCUT2D eigenvalue weighted by Crippen LogP contribution is 2.33. The zero-order valence-electron chi connectivity index (χ0n) is 11.6. The van der Waals surface area contributed by atoms with Crippen LogP contribution in [-0.4, -0.2) is 32.5 Å². The van der Waals surface area contributed by atoms with Crippen molar-refractivity contribution in [2.24, 2.45) is 0 Å². The molecule has 0 radical (unpaired) electrons. The van der Waals surface area contributed by atoms with E-state index in [1.165, 1.54) is 24.0 Å². The van der Waals surface area contributed by atoms with Crippen molar-refractivity contribution in [2.45, 2.75) is 43.9 Å². The van der Waals surface area contributed by atoms with E-state index in [1.54, 1.807) is 0 Å². The Morgan fingerprint density at radius 2 is 2.21 bits per heavy atom. The van der Waals surface area contributed by atoms with E-state index in [4.69, 9.17) is 9.47 Å². The summed E-state index contributed by atoms with van der Waals surface area (Å²) in [6, 6.07) is 8.95. The Hall–Kier alpha value is -0.900. The standard InChI is InChI=1S/C16H23NO2/c1-17-16-14-8-3-2-6-12(14)10-15(16)19-11-13-7-4-5-9-18-13/h2-3,6,8,13,15-17H,4-5,7,9-11H2,1H3. The summed E-state index contributed by atoms with van der Waals surface area (Å²) < 4.78 is 11.9. The summed E-state index contributed by atoms with van der Waals surface area (Å²) in [5.74, 6) is 0. The smallest absolute Gasteiger partial charge is 0.0811 e. The van der Waals surface area contributed by atoms with Gasteiger partial charge >= 0.3 is 0 Å². The molecule has 1 saturated heterocycles. The molecule has 1 fully saturated rings. The van der Waals surface area contributed by atoms with Gasteiger partial charge in [0.2, 0.25) is 0 Å². The third-order valence-electron chi connectivity index (χ3n) is 4.26. The molecule has 3 rings (SSSR count). The van der Waals surface area contributed by atoms with Crippen molar-refractivity contribution in [3.05, 3.63) is 35.4 Å². The highest BCUT2D eigenvalue weighted by molar-refractivity contribution is 5.36. The lowest BCUT2D eigenvalue weighted by Gasteiger charge is -2.26. The van der Waals surface area contributed by atoms with Crippen LogP contribution in [0.15, 0.2) is 24.3 Å². The molecule has 0 spiro atoms. The third-order valence-corrected chi connectivity index (χ3v) is 4.26. The molecule has 0 amide bonds. The molecule has 3 nitrogen and oxygen atoms in total. The first-order valence-corrected chi connectivity index (χ1v) is 7.37. The van der Waals surface area contributed by atoms with Gasteiger partial charge in [0.15, 0.2) is 0 Å². The summed E-state index contributed by atoms with van der Waals surface area (Å²) in [5, 5.41) is 3.39. The molecular weight excluding hydrogens is 238 g/mol. The maximum absolute atomic E-state index is 6.14. The molecule has 0 aromatic heterocycles. The molecule has 0 bridgehead atoms. The Morgan fingerprint density at radius 1 is 1.32 bits per heavy atom. The molecule has 1 heterocycles. The Kier molecular flexibility index (Phi) is 4.16. The van der Waals surface area contributed by atoms with Crippen molar-refractivity contribution in [3.8, 4) is 0 Å². The van der Waals surface area contributed by atoms with Gasteiger partial charge in [0.25, 0.3) is 0 Å². The minimum Gasteiger partial charge on any atom is -0.376 e. The van der Waals surface area contributed by atoms with Gasteiger partial charge in [-0.1, -0.05) is 24.3 Å². The number of benzene rings is 1. The maximum Gasteiger partial charge on any atom is 0.0811 e. The molecule has 3 unspecified atom stereocenters. The van der Waals surface area contributed by atoms with Crippen LogP contribution in [0.3, 0.4) is 0 Å². The average molecular weight is 261 g/mol. The molecule has 0 saturated carbocycles. The van der Waals surface area contributed by atoms with E-state index in [0.29, 0.717) is 12.1 Å². The number of ether oxygens (including phenoxy) is 2. The first-order valence-electron chi connectivity index (χ1n) is 7.37. The quantitative estimate of drug-likeness (QED) is 0.903. The van der Waals surface area contributed by atoms with Gasteiger partial charge in [0.1, 0.15) is 0 Å². The van der Waals surface area contributed by atoms with Crippen LogP contribution in [0.2, 0.25) is 0 Å². The second kappa shape index (κ2) is 6.04. The van der Waals surface area contributed by atoms with Crippen LogP contribution >= 0.6 is 0 Å². The van der Waals surface area contributed by atoms with Gasteiger partial charge < -0.3 is 14.8 Å². The molecule has 3 atom stereocenters. The van der Waals surface area contributed by atoms with Gasteiger partial charge in [-0.05, 0) is 37.4 Å². The van der Waals surface area contributed by atoms with Gasteiger partial charge in [-0.25, -0.2) is 0 Å². The Bertz CT molecular complexity index is 415. The molecular formula is C16H23NO2. The lowest BCUT2D eigenvalue weighted by molar-refractivity contribution is -0.0675. The second-order valence-electron chi connectivity index (χ2n) is 5.53. The first-order chi connectivity index (χ1) is 9.38. The van der Waals surface area contributed by atoms with Gasteiger partial charge in [-0.15, -0.1) is 0 Å². The first kappa shape index (κ1) is 13.1. The highest BCUT2D eigenvalue weighted by atomic mass is 16.5. The third kappa shape index (κ3) is 2.83. The minimum atomic E-state index is 0.243. The fourth-order valence-electron chi connectivity index (χ4n) is 3.22. The molecule has 1 aliphatic carbocycles. The zero-order chi connectivity index (χ0) is 13.1. The zero-order valence-corrected chi connectivity index (χ0v) is 11.6. The number of hydrogen-bond donors (Lipinski definition) is 1. The van der Waals surface area contributed by atoms with Gasteiger partial charge in [-0.3, -0.25) is 0 Å².